The van der Waals surface area contributed by atoms with Gasteiger partial charge in [0.2, 0.25) is 0 Å². The van der Waals surface area contributed by atoms with Gasteiger partial charge in [-0.15, -0.1) is 6.58 Å². The second-order valence-electron chi connectivity index (χ2n) is 3.00. The lowest BCUT2D eigenvalue weighted by atomic mass is 10.2. The van der Waals surface area contributed by atoms with Gasteiger partial charge in [0.15, 0.2) is 0 Å². The summed E-state index contributed by atoms with van der Waals surface area (Å²) in [4.78, 5) is 17.4. The molecule has 1 aromatic rings. The first-order chi connectivity index (χ1) is 7.19. The third-order valence-corrected chi connectivity index (χ3v) is 2.20. The highest BCUT2D eigenvalue weighted by molar-refractivity contribution is 6.29. The molecule has 4 heteroatoms. The van der Waals surface area contributed by atoms with Crippen molar-refractivity contribution in [3.05, 3.63) is 41.7 Å². The quantitative estimate of drug-likeness (QED) is 0.581. The molecule has 1 heterocycles. The van der Waals surface area contributed by atoms with Crippen LogP contribution in [-0.4, -0.2) is 28.9 Å². The molecule has 0 spiro atoms. The number of aromatic nitrogens is 1. The Morgan fingerprint density at radius 2 is 2.47 bits per heavy atom. The third kappa shape index (κ3) is 3.06. The van der Waals surface area contributed by atoms with Gasteiger partial charge < -0.3 is 4.90 Å². The summed E-state index contributed by atoms with van der Waals surface area (Å²) in [6.45, 7) is 6.71. The molecule has 0 atom stereocenters. The Hall–Kier alpha value is -1.35. The summed E-state index contributed by atoms with van der Waals surface area (Å²) < 4.78 is 0. The fraction of sp³-hybridized carbons (Fsp3) is 0.273. The molecule has 0 radical (unpaired) electrons. The maximum Gasteiger partial charge on any atom is 0.254 e. The molecule has 0 aliphatic heterocycles. The summed E-state index contributed by atoms with van der Waals surface area (Å²) in [5.74, 6) is -0.0540. The zero-order valence-electron chi connectivity index (χ0n) is 8.61. The number of hydrogen-bond acceptors (Lipinski definition) is 2. The van der Waals surface area contributed by atoms with E-state index in [1.54, 1.807) is 23.1 Å². The van der Waals surface area contributed by atoms with Crippen molar-refractivity contribution in [1.29, 1.82) is 0 Å². The largest absolute Gasteiger partial charge is 0.335 e. The number of halogens is 1. The van der Waals surface area contributed by atoms with Gasteiger partial charge in [-0.05, 0) is 19.1 Å². The smallest absolute Gasteiger partial charge is 0.254 e. The Balaban J connectivity index is 2.87. The van der Waals surface area contributed by atoms with Crippen LogP contribution in [0, 0.1) is 0 Å². The molecule has 0 aromatic carbocycles. The molecule has 0 saturated carbocycles. The van der Waals surface area contributed by atoms with Crippen molar-refractivity contribution >= 4 is 17.5 Å². The minimum absolute atomic E-state index is 0.0540. The molecule has 0 fully saturated rings. The Bertz CT molecular complexity index is 365. The van der Waals surface area contributed by atoms with Gasteiger partial charge in [0.25, 0.3) is 5.91 Å². The maximum absolute atomic E-state index is 11.9. The first-order valence-corrected chi connectivity index (χ1v) is 5.08. The van der Waals surface area contributed by atoms with Crippen LogP contribution in [0.15, 0.2) is 31.0 Å². The molecule has 80 valence electrons. The highest BCUT2D eigenvalue weighted by atomic mass is 35.5. The van der Waals surface area contributed by atoms with Gasteiger partial charge in [0, 0.05) is 24.8 Å². The molecule has 15 heavy (non-hydrogen) atoms. The Labute approximate surface area is 94.4 Å². The average molecular weight is 225 g/mol. The molecule has 1 rings (SSSR count). The maximum atomic E-state index is 11.9. The number of nitrogens with zero attached hydrogens (tertiary/aromatic N) is 2. The molecule has 1 aromatic heterocycles. The van der Waals surface area contributed by atoms with Crippen LogP contribution < -0.4 is 0 Å². The van der Waals surface area contributed by atoms with Crippen LogP contribution in [0.1, 0.15) is 17.3 Å². The average Bonchev–Trinajstić information content (AvgIpc) is 2.25. The van der Waals surface area contributed by atoms with Crippen LogP contribution in [0.2, 0.25) is 5.15 Å². The van der Waals surface area contributed by atoms with Crippen LogP contribution >= 0.6 is 11.6 Å². The lowest BCUT2D eigenvalue weighted by Gasteiger charge is -2.18. The minimum Gasteiger partial charge on any atom is -0.335 e. The van der Waals surface area contributed by atoms with Crippen molar-refractivity contribution in [2.24, 2.45) is 0 Å². The highest BCUT2D eigenvalue weighted by Gasteiger charge is 2.12. The lowest BCUT2D eigenvalue weighted by Crippen LogP contribution is -2.30. The van der Waals surface area contributed by atoms with Crippen molar-refractivity contribution in [2.75, 3.05) is 13.1 Å². The van der Waals surface area contributed by atoms with E-state index in [1.165, 1.54) is 6.20 Å². The highest BCUT2D eigenvalue weighted by Crippen LogP contribution is 2.09. The summed E-state index contributed by atoms with van der Waals surface area (Å²) in [5.41, 5.74) is 0.554. The van der Waals surface area contributed by atoms with E-state index < -0.39 is 0 Å². The SMILES string of the molecule is C=CCN(CC)C(=O)c1ccnc(Cl)c1. The summed E-state index contributed by atoms with van der Waals surface area (Å²) in [5, 5.41) is 0.329. The van der Waals surface area contributed by atoms with Gasteiger partial charge in [-0.25, -0.2) is 4.98 Å². The normalized spacial score (nSPS) is 9.73. The van der Waals surface area contributed by atoms with Gasteiger partial charge in [-0.1, -0.05) is 17.7 Å². The summed E-state index contributed by atoms with van der Waals surface area (Å²) >= 11 is 5.71. The fourth-order valence-corrected chi connectivity index (χ4v) is 1.40. The number of amides is 1. The summed E-state index contributed by atoms with van der Waals surface area (Å²) in [6.07, 6.45) is 3.22. The first-order valence-electron chi connectivity index (χ1n) is 4.70. The van der Waals surface area contributed by atoms with Gasteiger partial charge in [0.05, 0.1) is 0 Å². The van der Waals surface area contributed by atoms with Crippen LogP contribution in [0.4, 0.5) is 0 Å². The topological polar surface area (TPSA) is 33.2 Å². The van der Waals surface area contributed by atoms with E-state index in [-0.39, 0.29) is 5.91 Å². The summed E-state index contributed by atoms with van der Waals surface area (Å²) in [7, 11) is 0. The zero-order valence-corrected chi connectivity index (χ0v) is 9.37. The van der Waals surface area contributed by atoms with Gasteiger partial charge in [-0.2, -0.15) is 0 Å². The third-order valence-electron chi connectivity index (χ3n) is 1.99. The van der Waals surface area contributed by atoms with Gasteiger partial charge in [0.1, 0.15) is 5.15 Å². The molecule has 0 bridgehead atoms. The molecule has 0 N–H and O–H groups in total. The van der Waals surface area contributed by atoms with Crippen molar-refractivity contribution in [1.82, 2.24) is 9.88 Å². The van der Waals surface area contributed by atoms with E-state index in [0.29, 0.717) is 23.8 Å². The zero-order chi connectivity index (χ0) is 11.3. The predicted octanol–water partition coefficient (Wildman–Crippen LogP) is 2.38. The number of likely N-dealkylation sites (N-methyl/N-ethyl adjacent to an activating group) is 1. The molecular weight excluding hydrogens is 212 g/mol. The molecule has 3 nitrogen and oxygen atoms in total. The van der Waals surface area contributed by atoms with E-state index in [9.17, 15) is 4.79 Å². The van der Waals surface area contributed by atoms with Crippen LogP contribution in [0.3, 0.4) is 0 Å². The van der Waals surface area contributed by atoms with Gasteiger partial charge in [-0.3, -0.25) is 4.79 Å². The van der Waals surface area contributed by atoms with Crippen LogP contribution in [-0.2, 0) is 0 Å². The molecule has 0 saturated heterocycles. The van der Waals surface area contributed by atoms with Gasteiger partial charge >= 0.3 is 0 Å². The Morgan fingerprint density at radius 3 is 3.00 bits per heavy atom. The fourth-order valence-electron chi connectivity index (χ4n) is 1.23. The van der Waals surface area contributed by atoms with Crippen LogP contribution in [0.25, 0.3) is 0 Å². The van der Waals surface area contributed by atoms with Crippen molar-refractivity contribution in [3.63, 3.8) is 0 Å². The summed E-state index contributed by atoms with van der Waals surface area (Å²) in [6, 6.07) is 3.22. The Kier molecular flexibility index (Phi) is 4.31. The molecule has 0 aliphatic carbocycles. The van der Waals surface area contributed by atoms with E-state index in [2.05, 4.69) is 11.6 Å². The number of carbonyl (C=O) groups is 1. The van der Waals surface area contributed by atoms with Crippen molar-refractivity contribution < 1.29 is 4.79 Å². The molecule has 0 aliphatic rings. The predicted molar refractivity (Wildman–Crippen MR) is 61.0 cm³/mol. The molecule has 0 unspecified atom stereocenters. The molecular formula is C11H13ClN2O. The monoisotopic (exact) mass is 224 g/mol. The number of hydrogen-bond donors (Lipinski definition) is 0. The first kappa shape index (κ1) is 11.7. The van der Waals surface area contributed by atoms with Crippen molar-refractivity contribution in [2.45, 2.75) is 6.92 Å². The number of carbonyl (C=O) groups excluding carboxylic acids is 1. The lowest BCUT2D eigenvalue weighted by molar-refractivity contribution is 0.0782. The number of rotatable bonds is 4. The molecule has 1 amide bonds. The van der Waals surface area contributed by atoms with E-state index >= 15 is 0 Å². The minimum atomic E-state index is -0.0540. The second kappa shape index (κ2) is 5.51. The van der Waals surface area contributed by atoms with E-state index in [4.69, 9.17) is 11.6 Å². The van der Waals surface area contributed by atoms with Crippen molar-refractivity contribution in [3.8, 4) is 0 Å². The van der Waals surface area contributed by atoms with Crippen LogP contribution in [0.5, 0.6) is 0 Å². The van der Waals surface area contributed by atoms with E-state index in [1.807, 2.05) is 6.92 Å². The Morgan fingerprint density at radius 1 is 1.73 bits per heavy atom. The number of pyridine rings is 1. The second-order valence-corrected chi connectivity index (χ2v) is 3.39. The standard InChI is InChI=1S/C11H13ClN2O/c1-3-7-14(4-2)11(15)9-5-6-13-10(12)8-9/h3,5-6,8H,1,4,7H2,2H3. The van der Waals surface area contributed by atoms with E-state index in [0.717, 1.165) is 0 Å².